The van der Waals surface area contributed by atoms with Gasteiger partial charge in [-0.05, 0) is 31.6 Å². The third-order valence-electron chi connectivity index (χ3n) is 5.82. The molecule has 2 saturated carbocycles. The molecule has 0 radical (unpaired) electrons. The zero-order chi connectivity index (χ0) is 13.4. The molecule has 2 aliphatic carbocycles. The average Bonchev–Trinajstić information content (AvgIpc) is 2.97. The van der Waals surface area contributed by atoms with Gasteiger partial charge in [0.25, 0.3) is 0 Å². The van der Waals surface area contributed by atoms with Crippen LogP contribution in [0.5, 0.6) is 0 Å². The molecule has 4 N–H and O–H groups in total. The van der Waals surface area contributed by atoms with E-state index in [0.29, 0.717) is 12.2 Å². The molecule has 0 bridgehead atoms. The molecule has 20 heavy (non-hydrogen) atoms. The van der Waals surface area contributed by atoms with E-state index in [1.165, 1.54) is 51.5 Å². The second-order valence-corrected chi connectivity index (χ2v) is 8.09. The van der Waals surface area contributed by atoms with Gasteiger partial charge in [0.05, 0.1) is 6.17 Å². The first kappa shape index (κ1) is 13.8. The van der Waals surface area contributed by atoms with E-state index in [1.807, 2.05) is 11.9 Å². The molecular formula is C15H28N4S. The van der Waals surface area contributed by atoms with Gasteiger partial charge in [0.15, 0.2) is 0 Å². The van der Waals surface area contributed by atoms with E-state index in [9.17, 15) is 0 Å². The lowest BCUT2D eigenvalue weighted by Gasteiger charge is -2.48. The summed E-state index contributed by atoms with van der Waals surface area (Å²) < 4.78 is 3.53. The number of fused-ring (bicyclic) bond motifs is 3. The maximum atomic E-state index is 3.96. The van der Waals surface area contributed by atoms with Crippen molar-refractivity contribution in [1.82, 2.24) is 20.7 Å². The van der Waals surface area contributed by atoms with Gasteiger partial charge in [-0.15, -0.1) is 0 Å². The second kappa shape index (κ2) is 6.13. The van der Waals surface area contributed by atoms with Crippen LogP contribution in [-0.4, -0.2) is 36.7 Å². The van der Waals surface area contributed by atoms with Crippen LogP contribution in [0.3, 0.4) is 0 Å². The van der Waals surface area contributed by atoms with E-state index in [0.717, 1.165) is 29.8 Å². The molecule has 4 rings (SSSR count). The molecule has 4 nitrogen and oxygen atoms in total. The van der Waals surface area contributed by atoms with Gasteiger partial charge in [-0.25, -0.2) is 0 Å². The van der Waals surface area contributed by atoms with E-state index in [4.69, 9.17) is 0 Å². The largest absolute Gasteiger partial charge is 0.300 e. The predicted molar refractivity (Wildman–Crippen MR) is 84.3 cm³/mol. The van der Waals surface area contributed by atoms with Crippen molar-refractivity contribution in [3.8, 4) is 0 Å². The molecule has 0 aromatic heterocycles. The van der Waals surface area contributed by atoms with Crippen molar-refractivity contribution in [2.75, 3.05) is 13.2 Å². The Labute approximate surface area is 126 Å². The van der Waals surface area contributed by atoms with E-state index in [1.54, 1.807) is 0 Å². The molecule has 5 atom stereocenters. The lowest BCUT2D eigenvalue weighted by Crippen LogP contribution is -2.67. The molecule has 2 saturated heterocycles. The first-order valence-electron chi connectivity index (χ1n) is 8.53. The maximum absolute atomic E-state index is 3.96. The van der Waals surface area contributed by atoms with Crippen molar-refractivity contribution in [3.63, 3.8) is 0 Å². The zero-order valence-electron chi connectivity index (χ0n) is 12.2. The Balaban J connectivity index is 1.42. The first-order chi connectivity index (χ1) is 9.92. The van der Waals surface area contributed by atoms with Gasteiger partial charge in [-0.3, -0.25) is 15.4 Å². The Morgan fingerprint density at radius 1 is 0.950 bits per heavy atom. The zero-order valence-corrected chi connectivity index (χ0v) is 13.1. The molecule has 2 heterocycles. The quantitative estimate of drug-likeness (QED) is 0.580. The van der Waals surface area contributed by atoms with Gasteiger partial charge < -0.3 is 5.32 Å². The first-order valence-corrected chi connectivity index (χ1v) is 9.41. The Morgan fingerprint density at radius 3 is 2.75 bits per heavy atom. The summed E-state index contributed by atoms with van der Waals surface area (Å²) in [7, 11) is 0. The highest BCUT2D eigenvalue weighted by Crippen LogP contribution is 2.41. The van der Waals surface area contributed by atoms with Crippen LogP contribution in [-0.2, 0) is 0 Å². The number of nitrogens with one attached hydrogen (secondary N) is 4. The highest BCUT2D eigenvalue weighted by atomic mass is 32.2. The average molecular weight is 296 g/mol. The minimum absolute atomic E-state index is 0.534. The molecule has 114 valence electrons. The van der Waals surface area contributed by atoms with Crippen LogP contribution in [0.1, 0.15) is 44.9 Å². The van der Waals surface area contributed by atoms with E-state index < -0.39 is 0 Å². The monoisotopic (exact) mass is 296 g/mol. The van der Waals surface area contributed by atoms with Crippen molar-refractivity contribution >= 4 is 11.9 Å². The third-order valence-corrected chi connectivity index (χ3v) is 7.11. The molecule has 5 unspecified atom stereocenters. The summed E-state index contributed by atoms with van der Waals surface area (Å²) in [6.07, 6.45) is 10.3. The Hall–Kier alpha value is 0.190. The molecule has 0 aromatic rings. The molecule has 2 aliphatic heterocycles. The van der Waals surface area contributed by atoms with Gasteiger partial charge in [-0.1, -0.05) is 31.2 Å². The fraction of sp³-hybridized carbons (Fsp3) is 1.00. The highest BCUT2D eigenvalue weighted by Gasteiger charge is 2.46. The van der Waals surface area contributed by atoms with Crippen LogP contribution in [0.2, 0.25) is 0 Å². The van der Waals surface area contributed by atoms with Crippen LogP contribution in [0, 0.1) is 11.8 Å². The molecule has 4 fully saturated rings. The molecule has 5 heteroatoms. The van der Waals surface area contributed by atoms with Crippen molar-refractivity contribution in [2.24, 2.45) is 11.8 Å². The van der Waals surface area contributed by atoms with E-state index in [-0.39, 0.29) is 0 Å². The Bertz CT molecular complexity index is 334. The topological polar surface area (TPSA) is 48.1 Å². The number of hydrogen-bond acceptors (Lipinski definition) is 5. The summed E-state index contributed by atoms with van der Waals surface area (Å²) in [6, 6.07) is 1.45. The lowest BCUT2D eigenvalue weighted by molar-refractivity contribution is 0.108. The van der Waals surface area contributed by atoms with Crippen molar-refractivity contribution in [3.05, 3.63) is 0 Å². The van der Waals surface area contributed by atoms with E-state index in [2.05, 4.69) is 20.7 Å². The van der Waals surface area contributed by atoms with Crippen LogP contribution in [0.25, 0.3) is 0 Å². The predicted octanol–water partition coefficient (Wildman–Crippen LogP) is 1.40. The van der Waals surface area contributed by atoms with Crippen LogP contribution in [0.4, 0.5) is 0 Å². The minimum atomic E-state index is 0.534. The minimum Gasteiger partial charge on any atom is -0.300 e. The molecular weight excluding hydrogens is 268 g/mol. The van der Waals surface area contributed by atoms with Gasteiger partial charge in [0, 0.05) is 36.5 Å². The maximum Gasteiger partial charge on any atom is 0.0628 e. The second-order valence-electron chi connectivity index (χ2n) is 7.02. The van der Waals surface area contributed by atoms with Crippen molar-refractivity contribution in [1.29, 1.82) is 0 Å². The SMILES string of the molecule is C1CCC(NC2NCNC3C2CCC2CNSC23)CC1. The lowest BCUT2D eigenvalue weighted by atomic mass is 9.75. The summed E-state index contributed by atoms with van der Waals surface area (Å²) in [4.78, 5) is 0. The molecule has 0 amide bonds. The highest BCUT2D eigenvalue weighted by molar-refractivity contribution is 7.98. The van der Waals surface area contributed by atoms with Gasteiger partial charge in [-0.2, -0.15) is 0 Å². The summed E-state index contributed by atoms with van der Waals surface area (Å²) in [6.45, 7) is 2.18. The normalized spacial score (nSPS) is 45.9. The molecule has 0 spiro atoms. The Morgan fingerprint density at radius 2 is 1.85 bits per heavy atom. The van der Waals surface area contributed by atoms with Gasteiger partial charge in [0.2, 0.25) is 0 Å². The Kier molecular flexibility index (Phi) is 4.24. The van der Waals surface area contributed by atoms with Gasteiger partial charge >= 0.3 is 0 Å². The van der Waals surface area contributed by atoms with E-state index >= 15 is 0 Å². The van der Waals surface area contributed by atoms with Gasteiger partial charge in [0.1, 0.15) is 0 Å². The summed E-state index contributed by atoms with van der Waals surface area (Å²) in [5, 5.41) is 12.2. The smallest absolute Gasteiger partial charge is 0.0628 e. The molecule has 4 aliphatic rings. The fourth-order valence-electron chi connectivity index (χ4n) is 4.71. The summed E-state index contributed by atoms with van der Waals surface area (Å²) in [5.74, 6) is 1.65. The van der Waals surface area contributed by atoms with Crippen LogP contribution in [0.15, 0.2) is 0 Å². The third kappa shape index (κ3) is 2.63. The van der Waals surface area contributed by atoms with Crippen LogP contribution >= 0.6 is 11.9 Å². The fourth-order valence-corrected chi connectivity index (χ4v) is 6.08. The standard InChI is InChI=1S/C15H28N4S/c1-2-4-11(5-3-1)19-15-12-7-6-10-8-18-20-14(10)13(12)16-9-17-15/h10-19H,1-9H2. The van der Waals surface area contributed by atoms with Crippen LogP contribution < -0.4 is 20.7 Å². The number of hydrogen-bond donors (Lipinski definition) is 4. The summed E-state index contributed by atoms with van der Waals surface area (Å²) in [5.41, 5.74) is 0. The number of rotatable bonds is 2. The van der Waals surface area contributed by atoms with Crippen molar-refractivity contribution < 1.29 is 0 Å². The summed E-state index contributed by atoms with van der Waals surface area (Å²) >= 11 is 1.99. The van der Waals surface area contributed by atoms with Crippen molar-refractivity contribution in [2.45, 2.75) is 68.4 Å². The molecule has 0 aromatic carbocycles.